The van der Waals surface area contributed by atoms with Crippen LogP contribution in [0, 0.1) is 0 Å². The van der Waals surface area contributed by atoms with E-state index < -0.39 is 0 Å². The molecule has 0 aliphatic carbocycles. The number of rotatable bonds is 11. The highest BCUT2D eigenvalue weighted by molar-refractivity contribution is 6.03. The normalized spacial score (nSPS) is 10.8. The molecule has 1 aromatic heterocycles. The number of benzene rings is 2. The molecule has 5 heteroatoms. The number of hydrogen-bond acceptors (Lipinski definition) is 3. The fourth-order valence-corrected chi connectivity index (χ4v) is 3.88. The lowest BCUT2D eigenvalue weighted by molar-refractivity contribution is 0.0951. The molecule has 168 valence electrons. The van der Waals surface area contributed by atoms with E-state index in [1.807, 2.05) is 67.6 Å². The number of aromatic nitrogens is 2. The Bertz CT molecular complexity index is 1060. The molecule has 5 nitrogen and oxygen atoms in total. The van der Waals surface area contributed by atoms with Crippen LogP contribution < -0.4 is 10.9 Å². The summed E-state index contributed by atoms with van der Waals surface area (Å²) in [5.74, 6) is -0.329. The van der Waals surface area contributed by atoms with Crippen molar-refractivity contribution >= 4 is 5.91 Å². The molecule has 32 heavy (non-hydrogen) atoms. The molecule has 1 heterocycles. The van der Waals surface area contributed by atoms with Gasteiger partial charge in [0.1, 0.15) is 5.56 Å². The highest BCUT2D eigenvalue weighted by atomic mass is 16.2. The second-order valence-electron chi connectivity index (χ2n) is 7.98. The van der Waals surface area contributed by atoms with Crippen LogP contribution in [-0.4, -0.2) is 22.2 Å². The molecule has 3 aromatic rings. The maximum absolute atomic E-state index is 13.3. The molecule has 1 N–H and O–H groups in total. The Labute approximate surface area is 190 Å². The van der Waals surface area contributed by atoms with Crippen LogP contribution >= 0.6 is 0 Å². The lowest BCUT2D eigenvalue weighted by atomic mass is 9.95. The number of unbranched alkanes of at least 4 members (excludes halogenated alkanes) is 5. The SMILES string of the molecule is CCCCCCCCNC(=O)c1c(-c2ccccc2)c(-c2ccccc2)nn(CC)c1=O. The third kappa shape index (κ3) is 5.72. The monoisotopic (exact) mass is 431 g/mol. The minimum atomic E-state index is -0.355. The van der Waals surface area contributed by atoms with Crippen LogP contribution in [0.3, 0.4) is 0 Å². The predicted octanol–water partition coefficient (Wildman–Crippen LogP) is 5.69. The van der Waals surface area contributed by atoms with E-state index in [4.69, 9.17) is 0 Å². The van der Waals surface area contributed by atoms with Gasteiger partial charge in [-0.3, -0.25) is 9.59 Å². The molecule has 0 saturated carbocycles. The fourth-order valence-electron chi connectivity index (χ4n) is 3.88. The molecule has 0 saturated heterocycles. The average molecular weight is 432 g/mol. The number of hydrogen-bond donors (Lipinski definition) is 1. The topological polar surface area (TPSA) is 64.0 Å². The van der Waals surface area contributed by atoms with Gasteiger partial charge in [-0.05, 0) is 18.9 Å². The standard InChI is InChI=1S/C27H33N3O2/c1-3-5-6-7-8-15-20-28-26(31)24-23(21-16-11-9-12-17-21)25(22-18-13-10-14-19-22)29-30(4-2)27(24)32/h9-14,16-19H,3-8,15,20H2,1-2H3,(H,28,31). The summed E-state index contributed by atoms with van der Waals surface area (Å²) in [6.07, 6.45) is 6.87. The lowest BCUT2D eigenvalue weighted by Gasteiger charge is -2.17. The first-order valence-electron chi connectivity index (χ1n) is 11.7. The van der Waals surface area contributed by atoms with Gasteiger partial charge in [-0.1, -0.05) is 99.7 Å². The Morgan fingerprint density at radius 1 is 0.844 bits per heavy atom. The molecule has 0 atom stereocenters. The van der Waals surface area contributed by atoms with Crippen molar-refractivity contribution in [2.75, 3.05) is 6.54 Å². The minimum absolute atomic E-state index is 0.165. The summed E-state index contributed by atoms with van der Waals surface area (Å²) in [5.41, 5.74) is 2.72. The molecule has 0 fully saturated rings. The number of carbonyl (C=O) groups excluding carboxylic acids is 1. The van der Waals surface area contributed by atoms with E-state index >= 15 is 0 Å². The first-order valence-corrected chi connectivity index (χ1v) is 11.7. The zero-order valence-electron chi connectivity index (χ0n) is 19.1. The van der Waals surface area contributed by atoms with Crippen LogP contribution in [-0.2, 0) is 6.54 Å². The first-order chi connectivity index (χ1) is 15.7. The second kappa shape index (κ2) is 12.0. The largest absolute Gasteiger partial charge is 0.352 e. The number of nitrogens with one attached hydrogen (secondary N) is 1. The van der Waals surface area contributed by atoms with Gasteiger partial charge in [0.05, 0.1) is 5.69 Å². The van der Waals surface area contributed by atoms with Crippen molar-refractivity contribution < 1.29 is 4.79 Å². The fraction of sp³-hybridized carbons (Fsp3) is 0.370. The molecule has 0 aliphatic heterocycles. The molecule has 0 aliphatic rings. The van der Waals surface area contributed by atoms with Gasteiger partial charge >= 0.3 is 0 Å². The second-order valence-corrected chi connectivity index (χ2v) is 7.98. The van der Waals surface area contributed by atoms with Crippen molar-refractivity contribution in [3.05, 3.63) is 76.6 Å². The molecule has 3 rings (SSSR count). The van der Waals surface area contributed by atoms with Gasteiger partial charge in [-0.2, -0.15) is 5.10 Å². The highest BCUT2D eigenvalue weighted by Crippen LogP contribution is 2.32. The zero-order chi connectivity index (χ0) is 22.8. The summed E-state index contributed by atoms with van der Waals surface area (Å²) in [5, 5.41) is 7.63. The van der Waals surface area contributed by atoms with E-state index in [1.54, 1.807) is 0 Å². The number of carbonyl (C=O) groups is 1. The maximum Gasteiger partial charge on any atom is 0.280 e. The Morgan fingerprint density at radius 2 is 1.44 bits per heavy atom. The molecule has 0 unspecified atom stereocenters. The van der Waals surface area contributed by atoms with Crippen molar-refractivity contribution in [1.82, 2.24) is 15.1 Å². The summed E-state index contributed by atoms with van der Waals surface area (Å²) in [7, 11) is 0. The summed E-state index contributed by atoms with van der Waals surface area (Å²) in [6, 6.07) is 19.3. The van der Waals surface area contributed by atoms with Crippen LogP contribution in [0.4, 0.5) is 0 Å². The van der Waals surface area contributed by atoms with Gasteiger partial charge in [0.15, 0.2) is 0 Å². The molecule has 0 bridgehead atoms. The van der Waals surface area contributed by atoms with E-state index in [1.165, 1.54) is 30.4 Å². The quantitative estimate of drug-likeness (QED) is 0.397. The Kier molecular flexibility index (Phi) is 8.79. The summed E-state index contributed by atoms with van der Waals surface area (Å²) in [6.45, 7) is 5.02. The molecule has 2 aromatic carbocycles. The number of aryl methyl sites for hydroxylation is 1. The Hall–Kier alpha value is -3.21. The van der Waals surface area contributed by atoms with Crippen LogP contribution in [0.15, 0.2) is 65.5 Å². The Balaban J connectivity index is 1.98. The first kappa shape index (κ1) is 23.5. The van der Waals surface area contributed by atoms with E-state index in [0.717, 1.165) is 24.0 Å². The van der Waals surface area contributed by atoms with Crippen molar-refractivity contribution in [2.45, 2.75) is 58.9 Å². The van der Waals surface area contributed by atoms with Crippen molar-refractivity contribution in [3.63, 3.8) is 0 Å². The van der Waals surface area contributed by atoms with Crippen molar-refractivity contribution in [3.8, 4) is 22.4 Å². The molecule has 0 radical (unpaired) electrons. The third-order valence-corrected chi connectivity index (χ3v) is 5.61. The van der Waals surface area contributed by atoms with Crippen LogP contribution in [0.25, 0.3) is 22.4 Å². The molecule has 0 spiro atoms. The zero-order valence-corrected chi connectivity index (χ0v) is 19.1. The van der Waals surface area contributed by atoms with Gasteiger partial charge in [-0.15, -0.1) is 0 Å². The van der Waals surface area contributed by atoms with Crippen molar-refractivity contribution in [1.29, 1.82) is 0 Å². The number of amides is 1. The molecular weight excluding hydrogens is 398 g/mol. The molecule has 1 amide bonds. The lowest BCUT2D eigenvalue weighted by Crippen LogP contribution is -2.36. The van der Waals surface area contributed by atoms with Crippen LogP contribution in [0.2, 0.25) is 0 Å². The van der Waals surface area contributed by atoms with Crippen molar-refractivity contribution in [2.24, 2.45) is 0 Å². The molecular formula is C27H33N3O2. The van der Waals surface area contributed by atoms with Gasteiger partial charge in [-0.25, -0.2) is 4.68 Å². The van der Waals surface area contributed by atoms with E-state index in [-0.39, 0.29) is 17.0 Å². The van der Waals surface area contributed by atoms with E-state index in [0.29, 0.717) is 24.3 Å². The summed E-state index contributed by atoms with van der Waals surface area (Å²) in [4.78, 5) is 26.6. The smallest absolute Gasteiger partial charge is 0.280 e. The van der Waals surface area contributed by atoms with E-state index in [9.17, 15) is 9.59 Å². The maximum atomic E-state index is 13.3. The average Bonchev–Trinajstić information content (AvgIpc) is 2.84. The Morgan fingerprint density at radius 3 is 2.06 bits per heavy atom. The number of nitrogens with zero attached hydrogens (tertiary/aromatic N) is 2. The van der Waals surface area contributed by atoms with E-state index in [2.05, 4.69) is 17.3 Å². The highest BCUT2D eigenvalue weighted by Gasteiger charge is 2.24. The van der Waals surface area contributed by atoms with Crippen LogP contribution in [0.5, 0.6) is 0 Å². The van der Waals surface area contributed by atoms with Gasteiger partial charge < -0.3 is 5.32 Å². The summed E-state index contributed by atoms with van der Waals surface area (Å²) >= 11 is 0. The van der Waals surface area contributed by atoms with Crippen LogP contribution in [0.1, 0.15) is 62.7 Å². The van der Waals surface area contributed by atoms with Gasteiger partial charge in [0.2, 0.25) is 0 Å². The van der Waals surface area contributed by atoms with Gasteiger partial charge in [0.25, 0.3) is 11.5 Å². The van der Waals surface area contributed by atoms with Gasteiger partial charge in [0, 0.05) is 24.2 Å². The minimum Gasteiger partial charge on any atom is -0.352 e. The predicted molar refractivity (Wildman–Crippen MR) is 131 cm³/mol. The third-order valence-electron chi connectivity index (χ3n) is 5.61. The summed E-state index contributed by atoms with van der Waals surface area (Å²) < 4.78 is 1.38.